The van der Waals surface area contributed by atoms with Crippen LogP contribution in [0.4, 0.5) is 10.1 Å². The van der Waals surface area contributed by atoms with Gasteiger partial charge in [-0.15, -0.1) is 0 Å². The van der Waals surface area contributed by atoms with E-state index in [-0.39, 0.29) is 11.4 Å². The number of nitrogens with two attached hydrogens (primary N) is 1. The van der Waals surface area contributed by atoms with Crippen molar-refractivity contribution < 1.29 is 4.39 Å². The van der Waals surface area contributed by atoms with Crippen molar-refractivity contribution in [3.05, 3.63) is 30.1 Å². The molecule has 1 aliphatic carbocycles. The number of rotatable bonds is 2. The first-order valence-corrected chi connectivity index (χ1v) is 7.87. The molecule has 1 saturated carbocycles. The highest BCUT2D eigenvalue weighted by atomic mass is 19.1. The van der Waals surface area contributed by atoms with Gasteiger partial charge in [-0.2, -0.15) is 0 Å². The summed E-state index contributed by atoms with van der Waals surface area (Å²) < 4.78 is 13.2. The maximum Gasteiger partial charge on any atom is 0.196 e. The first kappa shape index (κ1) is 14.4. The number of anilines is 1. The highest BCUT2D eigenvalue weighted by Crippen LogP contribution is 2.43. The maximum absolute atomic E-state index is 13.2. The fourth-order valence-electron chi connectivity index (χ4n) is 3.83. The molecule has 0 unspecified atom stereocenters. The monoisotopic (exact) mass is 289 g/mol. The lowest BCUT2D eigenvalue weighted by molar-refractivity contribution is 0.206. The SMILES string of the molecule is CC(C)C1CCC2(CC1)CN=C(N)N2c1ccc(F)cc1. The number of aliphatic imine (C=N–C) groups is 1. The molecule has 0 bridgehead atoms. The summed E-state index contributed by atoms with van der Waals surface area (Å²) in [5.41, 5.74) is 7.10. The standard InChI is InChI=1S/C17H24FN3/c1-12(2)13-7-9-17(10-8-13)11-20-16(19)21(17)15-5-3-14(18)4-6-15/h3-6,12-13H,7-11H2,1-2H3,(H2,19,20). The van der Waals surface area contributed by atoms with Crippen LogP contribution in [0.5, 0.6) is 0 Å². The van der Waals surface area contributed by atoms with Gasteiger partial charge in [0.05, 0.1) is 12.1 Å². The molecule has 0 atom stereocenters. The summed E-state index contributed by atoms with van der Waals surface area (Å²) in [6, 6.07) is 6.60. The van der Waals surface area contributed by atoms with E-state index in [1.54, 1.807) is 12.1 Å². The van der Waals surface area contributed by atoms with Crippen molar-refractivity contribution >= 4 is 11.6 Å². The molecular formula is C17H24FN3. The highest BCUT2D eigenvalue weighted by Gasteiger charge is 2.45. The lowest BCUT2D eigenvalue weighted by atomic mass is 9.72. The number of hydrogen-bond donors (Lipinski definition) is 1. The molecule has 2 N–H and O–H groups in total. The van der Waals surface area contributed by atoms with E-state index in [9.17, 15) is 4.39 Å². The van der Waals surface area contributed by atoms with Crippen LogP contribution in [-0.4, -0.2) is 18.0 Å². The Bertz CT molecular complexity index is 527. The average Bonchev–Trinajstić information content (AvgIpc) is 2.78. The molecule has 1 spiro atoms. The minimum Gasteiger partial charge on any atom is -0.369 e. The predicted octanol–water partition coefficient (Wildman–Crippen LogP) is 3.55. The molecule has 3 rings (SSSR count). The summed E-state index contributed by atoms with van der Waals surface area (Å²) in [6.07, 6.45) is 4.66. The second-order valence-electron chi connectivity index (χ2n) is 6.79. The van der Waals surface area contributed by atoms with Crippen LogP contribution in [0.1, 0.15) is 39.5 Å². The van der Waals surface area contributed by atoms with Crippen molar-refractivity contribution in [2.24, 2.45) is 22.6 Å². The van der Waals surface area contributed by atoms with E-state index in [0.717, 1.165) is 36.9 Å². The zero-order valence-electron chi connectivity index (χ0n) is 12.8. The largest absolute Gasteiger partial charge is 0.369 e. The van der Waals surface area contributed by atoms with Gasteiger partial charge in [-0.3, -0.25) is 4.99 Å². The smallest absolute Gasteiger partial charge is 0.196 e. The van der Waals surface area contributed by atoms with Crippen molar-refractivity contribution in [2.75, 3.05) is 11.4 Å². The topological polar surface area (TPSA) is 41.6 Å². The summed E-state index contributed by atoms with van der Waals surface area (Å²) in [6.45, 7) is 5.38. The molecule has 1 aromatic carbocycles. The van der Waals surface area contributed by atoms with Gasteiger partial charge in [-0.1, -0.05) is 13.8 Å². The van der Waals surface area contributed by atoms with Gasteiger partial charge in [0.1, 0.15) is 5.82 Å². The normalized spacial score (nSPS) is 29.2. The van der Waals surface area contributed by atoms with Crippen molar-refractivity contribution in [3.8, 4) is 0 Å². The number of hydrogen-bond acceptors (Lipinski definition) is 3. The van der Waals surface area contributed by atoms with Crippen LogP contribution in [0.25, 0.3) is 0 Å². The van der Waals surface area contributed by atoms with Crippen LogP contribution in [0.3, 0.4) is 0 Å². The molecule has 4 heteroatoms. The van der Waals surface area contributed by atoms with Crippen LogP contribution >= 0.6 is 0 Å². The maximum atomic E-state index is 13.2. The first-order valence-electron chi connectivity index (χ1n) is 7.87. The third-order valence-corrected chi connectivity index (χ3v) is 5.23. The number of guanidine groups is 1. The lowest BCUT2D eigenvalue weighted by Gasteiger charge is -2.45. The Labute approximate surface area is 126 Å². The van der Waals surface area contributed by atoms with Gasteiger partial charge in [0, 0.05) is 5.69 Å². The zero-order valence-corrected chi connectivity index (χ0v) is 12.8. The van der Waals surface area contributed by atoms with Gasteiger partial charge in [0.15, 0.2) is 5.96 Å². The minimum absolute atomic E-state index is 0.00724. The van der Waals surface area contributed by atoms with Crippen LogP contribution in [0, 0.1) is 17.7 Å². The van der Waals surface area contributed by atoms with Gasteiger partial charge in [0.25, 0.3) is 0 Å². The molecule has 0 saturated heterocycles. The Morgan fingerprint density at radius 2 is 1.86 bits per heavy atom. The molecule has 0 aromatic heterocycles. The summed E-state index contributed by atoms with van der Waals surface area (Å²) >= 11 is 0. The lowest BCUT2D eigenvalue weighted by Crippen LogP contribution is -2.54. The average molecular weight is 289 g/mol. The van der Waals surface area contributed by atoms with E-state index >= 15 is 0 Å². The van der Waals surface area contributed by atoms with Gasteiger partial charge >= 0.3 is 0 Å². The fourth-order valence-corrected chi connectivity index (χ4v) is 3.83. The Morgan fingerprint density at radius 3 is 2.43 bits per heavy atom. The number of benzene rings is 1. The van der Waals surface area contributed by atoms with Crippen molar-refractivity contribution in [1.29, 1.82) is 0 Å². The predicted molar refractivity (Wildman–Crippen MR) is 84.9 cm³/mol. The summed E-state index contributed by atoms with van der Waals surface area (Å²) in [7, 11) is 0. The van der Waals surface area contributed by atoms with E-state index in [1.807, 2.05) is 0 Å². The third kappa shape index (κ3) is 2.52. The Kier molecular flexibility index (Phi) is 3.64. The Balaban J connectivity index is 1.84. The second-order valence-corrected chi connectivity index (χ2v) is 6.79. The summed E-state index contributed by atoms with van der Waals surface area (Å²) in [5, 5.41) is 0. The molecule has 0 amide bonds. The van der Waals surface area contributed by atoms with E-state index < -0.39 is 0 Å². The molecule has 1 aliphatic heterocycles. The Hall–Kier alpha value is -1.58. The van der Waals surface area contributed by atoms with Crippen molar-refractivity contribution in [1.82, 2.24) is 0 Å². The second kappa shape index (κ2) is 5.32. The minimum atomic E-state index is -0.217. The number of halogens is 1. The molecule has 1 heterocycles. The molecule has 0 radical (unpaired) electrons. The van der Waals surface area contributed by atoms with Crippen molar-refractivity contribution in [3.63, 3.8) is 0 Å². The van der Waals surface area contributed by atoms with E-state index in [1.165, 1.54) is 25.0 Å². The zero-order chi connectivity index (χ0) is 15.0. The fraction of sp³-hybridized carbons (Fsp3) is 0.588. The summed E-state index contributed by atoms with van der Waals surface area (Å²) in [5.74, 6) is 1.89. The van der Waals surface area contributed by atoms with E-state index in [4.69, 9.17) is 5.73 Å². The Morgan fingerprint density at radius 1 is 1.24 bits per heavy atom. The molecule has 1 fully saturated rings. The molecule has 1 aromatic rings. The quantitative estimate of drug-likeness (QED) is 0.904. The molecule has 3 nitrogen and oxygen atoms in total. The van der Waals surface area contributed by atoms with Crippen LogP contribution in [0.2, 0.25) is 0 Å². The van der Waals surface area contributed by atoms with Crippen LogP contribution in [0.15, 0.2) is 29.3 Å². The van der Waals surface area contributed by atoms with Gasteiger partial charge in [-0.25, -0.2) is 4.39 Å². The molecule has 21 heavy (non-hydrogen) atoms. The van der Waals surface area contributed by atoms with Gasteiger partial charge in [-0.05, 0) is 61.8 Å². The van der Waals surface area contributed by atoms with Crippen molar-refractivity contribution in [2.45, 2.75) is 45.1 Å². The van der Waals surface area contributed by atoms with Crippen LogP contribution in [-0.2, 0) is 0 Å². The number of nitrogens with zero attached hydrogens (tertiary/aromatic N) is 2. The third-order valence-electron chi connectivity index (χ3n) is 5.23. The summed E-state index contributed by atoms with van der Waals surface area (Å²) in [4.78, 5) is 6.63. The highest BCUT2D eigenvalue weighted by molar-refractivity contribution is 5.98. The van der Waals surface area contributed by atoms with Gasteiger partial charge in [0.2, 0.25) is 0 Å². The van der Waals surface area contributed by atoms with E-state index in [2.05, 4.69) is 23.7 Å². The first-order chi connectivity index (χ1) is 10.0. The van der Waals surface area contributed by atoms with Gasteiger partial charge < -0.3 is 10.6 Å². The van der Waals surface area contributed by atoms with E-state index in [0.29, 0.717) is 5.96 Å². The molecule has 2 aliphatic rings. The van der Waals surface area contributed by atoms with Crippen LogP contribution < -0.4 is 10.6 Å². The molecule has 114 valence electrons. The molecular weight excluding hydrogens is 265 g/mol.